The maximum atomic E-state index is 5.91. The average molecular weight is 451 g/mol. The lowest BCUT2D eigenvalue weighted by Gasteiger charge is -2.15. The average Bonchev–Trinajstić information content (AvgIpc) is 2.79. The number of ether oxygens (including phenoxy) is 5. The Hall–Kier alpha value is -1.80. The molecule has 0 aliphatic heterocycles. The molecular weight excluding hydrogens is 420 g/mol. The van der Waals surface area contributed by atoms with Gasteiger partial charge in [0.2, 0.25) is 0 Å². The zero-order chi connectivity index (χ0) is 21.8. The van der Waals surface area contributed by atoms with Crippen molar-refractivity contribution in [2.24, 2.45) is 0 Å². The summed E-state index contributed by atoms with van der Waals surface area (Å²) in [5.41, 5.74) is 1.82. The molecule has 0 N–H and O–H groups in total. The Bertz CT molecular complexity index is 806. The van der Waals surface area contributed by atoms with Gasteiger partial charge in [0.05, 0.1) is 20.3 Å². The van der Waals surface area contributed by atoms with Crippen molar-refractivity contribution in [2.75, 3.05) is 46.8 Å². The van der Waals surface area contributed by atoms with Gasteiger partial charge >= 0.3 is 0 Å². The van der Waals surface area contributed by atoms with Gasteiger partial charge in [-0.2, -0.15) is 0 Å². The summed E-state index contributed by atoms with van der Waals surface area (Å²) in [6.45, 7) is 7.11. The molecule has 30 heavy (non-hydrogen) atoms. The molecule has 2 rings (SSSR count). The molecule has 0 heterocycles. The monoisotopic (exact) mass is 450 g/mol. The lowest BCUT2D eigenvalue weighted by Crippen LogP contribution is -2.10. The first-order valence-corrected chi connectivity index (χ1v) is 10.8. The molecule has 0 spiro atoms. The van der Waals surface area contributed by atoms with Gasteiger partial charge in [0.15, 0.2) is 11.5 Å². The van der Waals surface area contributed by atoms with Crippen molar-refractivity contribution in [1.82, 2.24) is 0 Å². The van der Waals surface area contributed by atoms with Crippen molar-refractivity contribution in [3.8, 4) is 17.2 Å². The fourth-order valence-corrected chi connectivity index (χ4v) is 3.17. The number of rotatable bonds is 13. The number of methoxy groups -OCH3 is 1. The Balaban J connectivity index is 2.24. The number of benzene rings is 2. The summed E-state index contributed by atoms with van der Waals surface area (Å²) in [4.78, 5) is 1.49. The van der Waals surface area contributed by atoms with E-state index in [1.807, 2.05) is 56.3 Å². The van der Waals surface area contributed by atoms with E-state index >= 15 is 0 Å². The van der Waals surface area contributed by atoms with Gasteiger partial charge in [-0.25, -0.2) is 0 Å². The molecule has 0 radical (unpaired) electrons. The standard InChI is InChI=1S/C23H30O5S2/c1-4-25-12-14-27-20-11-8-18(16-21(20)28-15-13-26-5-2)23(30)22(29)17-6-9-19(24-3)10-7-17/h6-11,16,29-30H,4-5,12-15H2,1-3H3/b23-22-. The first kappa shape index (κ1) is 24.5. The van der Waals surface area contributed by atoms with Gasteiger partial charge in [-0.1, -0.05) is 12.1 Å². The lowest BCUT2D eigenvalue weighted by atomic mass is 10.1. The maximum absolute atomic E-state index is 5.91. The van der Waals surface area contributed by atoms with Crippen LogP contribution in [-0.4, -0.2) is 46.8 Å². The lowest BCUT2D eigenvalue weighted by molar-refractivity contribution is 0.0999. The summed E-state index contributed by atoms with van der Waals surface area (Å²) in [6.07, 6.45) is 0. The molecule has 0 aromatic heterocycles. The van der Waals surface area contributed by atoms with Gasteiger partial charge in [0, 0.05) is 23.0 Å². The third kappa shape index (κ3) is 7.47. The van der Waals surface area contributed by atoms with E-state index < -0.39 is 0 Å². The highest BCUT2D eigenvalue weighted by Gasteiger charge is 2.12. The summed E-state index contributed by atoms with van der Waals surface area (Å²) < 4.78 is 27.7. The van der Waals surface area contributed by atoms with Gasteiger partial charge in [-0.05, 0) is 55.3 Å². The van der Waals surface area contributed by atoms with Crippen LogP contribution in [0.1, 0.15) is 25.0 Å². The molecule has 0 saturated heterocycles. The molecule has 2 aromatic carbocycles. The van der Waals surface area contributed by atoms with Crippen molar-refractivity contribution in [3.05, 3.63) is 53.6 Å². The summed E-state index contributed by atoms with van der Waals surface area (Å²) in [5.74, 6) is 2.08. The van der Waals surface area contributed by atoms with Crippen LogP contribution in [0.25, 0.3) is 9.81 Å². The van der Waals surface area contributed by atoms with E-state index in [9.17, 15) is 0 Å². The normalized spacial score (nSPS) is 11.8. The highest BCUT2D eigenvalue weighted by Crippen LogP contribution is 2.37. The van der Waals surface area contributed by atoms with Gasteiger partial charge in [0.25, 0.3) is 0 Å². The zero-order valence-electron chi connectivity index (χ0n) is 17.7. The summed E-state index contributed by atoms with van der Waals surface area (Å²) in [7, 11) is 1.64. The fourth-order valence-electron chi connectivity index (χ4n) is 2.62. The minimum absolute atomic E-state index is 0.428. The van der Waals surface area contributed by atoms with Crippen molar-refractivity contribution < 1.29 is 23.7 Å². The van der Waals surface area contributed by atoms with Gasteiger partial charge in [0.1, 0.15) is 19.0 Å². The largest absolute Gasteiger partial charge is 0.497 e. The molecule has 0 aliphatic rings. The van der Waals surface area contributed by atoms with Crippen LogP contribution in [0.3, 0.4) is 0 Å². The van der Waals surface area contributed by atoms with E-state index in [2.05, 4.69) is 12.6 Å². The molecule has 0 saturated carbocycles. The number of hydrogen-bond donors (Lipinski definition) is 2. The van der Waals surface area contributed by atoms with Crippen LogP contribution in [0.4, 0.5) is 0 Å². The van der Waals surface area contributed by atoms with E-state index in [1.165, 1.54) is 0 Å². The SMILES string of the molecule is CCOCCOc1ccc(/C(S)=C(/S)c2ccc(OC)cc2)cc1OCCOCC. The van der Waals surface area contributed by atoms with Crippen LogP contribution >= 0.6 is 25.3 Å². The second-order valence-electron chi connectivity index (χ2n) is 6.18. The Morgan fingerprint density at radius 1 is 0.700 bits per heavy atom. The highest BCUT2D eigenvalue weighted by molar-refractivity contribution is 7.96. The predicted molar refractivity (Wildman–Crippen MR) is 128 cm³/mol. The molecule has 164 valence electrons. The van der Waals surface area contributed by atoms with Crippen molar-refractivity contribution in [1.29, 1.82) is 0 Å². The first-order chi connectivity index (χ1) is 14.6. The van der Waals surface area contributed by atoms with Crippen molar-refractivity contribution in [3.63, 3.8) is 0 Å². The molecule has 0 bridgehead atoms. The van der Waals surface area contributed by atoms with E-state index in [1.54, 1.807) is 7.11 Å². The molecule has 0 aliphatic carbocycles. The van der Waals surface area contributed by atoms with Crippen LogP contribution in [0.2, 0.25) is 0 Å². The molecule has 2 aromatic rings. The first-order valence-electron chi connectivity index (χ1n) is 9.92. The van der Waals surface area contributed by atoms with Gasteiger partial charge in [-0.15, -0.1) is 25.3 Å². The fraction of sp³-hybridized carbons (Fsp3) is 0.391. The second-order valence-corrected chi connectivity index (χ2v) is 7.07. The van der Waals surface area contributed by atoms with E-state index in [0.717, 1.165) is 26.7 Å². The molecular formula is C23H30O5S2. The summed E-state index contributed by atoms with van der Waals surface area (Å²) >= 11 is 9.39. The van der Waals surface area contributed by atoms with Gasteiger partial charge < -0.3 is 23.7 Å². The van der Waals surface area contributed by atoms with Crippen molar-refractivity contribution >= 4 is 35.1 Å². The second kappa shape index (κ2) is 13.5. The Labute approximate surface area is 190 Å². The molecule has 0 amide bonds. The smallest absolute Gasteiger partial charge is 0.161 e. The molecule has 5 nitrogen and oxygen atoms in total. The number of thiol groups is 2. The third-order valence-corrected chi connectivity index (χ3v) is 5.32. The van der Waals surface area contributed by atoms with Crippen LogP contribution < -0.4 is 14.2 Å². The summed E-state index contributed by atoms with van der Waals surface area (Å²) in [6, 6.07) is 13.4. The zero-order valence-corrected chi connectivity index (χ0v) is 19.5. The van der Waals surface area contributed by atoms with Crippen molar-refractivity contribution in [2.45, 2.75) is 13.8 Å². The van der Waals surface area contributed by atoms with Crippen LogP contribution in [0, 0.1) is 0 Å². The third-order valence-electron chi connectivity index (χ3n) is 4.18. The van der Waals surface area contributed by atoms with Gasteiger partial charge in [-0.3, -0.25) is 0 Å². The molecule has 0 fully saturated rings. The predicted octanol–water partition coefficient (Wildman–Crippen LogP) is 5.21. The topological polar surface area (TPSA) is 46.2 Å². The van der Waals surface area contributed by atoms with Crippen LogP contribution in [0.15, 0.2) is 42.5 Å². The highest BCUT2D eigenvalue weighted by atomic mass is 32.1. The summed E-state index contributed by atoms with van der Waals surface area (Å²) in [5, 5.41) is 0. The minimum atomic E-state index is 0.428. The maximum Gasteiger partial charge on any atom is 0.161 e. The minimum Gasteiger partial charge on any atom is -0.497 e. The Morgan fingerprint density at radius 2 is 1.23 bits per heavy atom. The molecule has 0 unspecified atom stereocenters. The van der Waals surface area contributed by atoms with E-state index in [0.29, 0.717) is 51.1 Å². The molecule has 7 heteroatoms. The van der Waals surface area contributed by atoms with Crippen LogP contribution in [0.5, 0.6) is 17.2 Å². The Morgan fingerprint density at radius 3 is 1.80 bits per heavy atom. The van der Waals surface area contributed by atoms with E-state index in [-0.39, 0.29) is 0 Å². The number of hydrogen-bond acceptors (Lipinski definition) is 7. The molecule has 0 atom stereocenters. The quantitative estimate of drug-likeness (QED) is 0.249. The van der Waals surface area contributed by atoms with E-state index in [4.69, 9.17) is 36.3 Å². The Kier molecular flexibility index (Phi) is 11.0. The van der Waals surface area contributed by atoms with Crippen LogP contribution in [-0.2, 0) is 9.47 Å².